The van der Waals surface area contributed by atoms with Crippen molar-refractivity contribution >= 4 is 35.2 Å². The molecule has 2 unspecified atom stereocenters. The lowest BCUT2D eigenvalue weighted by molar-refractivity contribution is -0.155. The van der Waals surface area contributed by atoms with Gasteiger partial charge in [0.2, 0.25) is 11.8 Å². The Labute approximate surface area is 212 Å². The smallest absolute Gasteiger partial charge is 0.311 e. The Bertz CT molecular complexity index is 980. The van der Waals surface area contributed by atoms with Crippen LogP contribution in [0.2, 0.25) is 0 Å². The molecule has 2 N–H and O–H groups in total. The quantitative estimate of drug-likeness (QED) is 0.373. The Morgan fingerprint density at radius 3 is 2.51 bits per heavy atom. The molecule has 3 aliphatic heterocycles. The van der Waals surface area contributed by atoms with Gasteiger partial charge in [-0.3, -0.25) is 14.4 Å². The van der Waals surface area contributed by atoms with E-state index in [-0.39, 0.29) is 31.0 Å². The molecule has 192 valence electrons. The van der Waals surface area contributed by atoms with E-state index in [9.17, 15) is 14.4 Å². The molecule has 35 heavy (non-hydrogen) atoms. The molecule has 0 aromatic heterocycles. The number of carbonyl (C=O) groups is 3. The molecule has 3 heterocycles. The van der Waals surface area contributed by atoms with Gasteiger partial charge in [-0.2, -0.15) is 0 Å². The van der Waals surface area contributed by atoms with Gasteiger partial charge in [-0.25, -0.2) is 0 Å². The molecular formula is C27H38N2O5S. The zero-order chi connectivity index (χ0) is 25.4. The van der Waals surface area contributed by atoms with Gasteiger partial charge in [0.25, 0.3) is 0 Å². The molecule has 8 heteroatoms. The van der Waals surface area contributed by atoms with Gasteiger partial charge in [-0.1, -0.05) is 31.0 Å². The van der Waals surface area contributed by atoms with Crippen molar-refractivity contribution in [1.29, 1.82) is 0 Å². The fourth-order valence-electron chi connectivity index (χ4n) is 6.51. The molecule has 5 atom stereocenters. The van der Waals surface area contributed by atoms with Crippen molar-refractivity contribution in [3.8, 4) is 0 Å². The number of aryl methyl sites for hydroxylation is 2. The molecule has 2 bridgehead atoms. The SMILES string of the molecule is CCOC(=O)[C@H]1[C@H]2C(=O)N(CCCCCCO)C(C(=O)Nc3c(C)cccc3C)C23CC[C@]1(C)S3. The minimum Gasteiger partial charge on any atom is -0.466 e. The third kappa shape index (κ3) is 4.37. The number of fused-ring (bicyclic) bond motifs is 1. The second kappa shape index (κ2) is 10.1. The van der Waals surface area contributed by atoms with E-state index in [1.54, 1.807) is 23.6 Å². The van der Waals surface area contributed by atoms with Crippen LogP contribution in [0.5, 0.6) is 0 Å². The number of para-hydroxylation sites is 1. The number of likely N-dealkylation sites (tertiary alicyclic amines) is 1. The van der Waals surface area contributed by atoms with Crippen LogP contribution in [0.4, 0.5) is 5.69 Å². The number of esters is 1. The largest absolute Gasteiger partial charge is 0.466 e. The van der Waals surface area contributed by atoms with E-state index in [1.165, 1.54) is 0 Å². The number of carbonyl (C=O) groups excluding carboxylic acids is 3. The van der Waals surface area contributed by atoms with Crippen LogP contribution in [0.1, 0.15) is 63.5 Å². The van der Waals surface area contributed by atoms with Crippen molar-refractivity contribution in [2.24, 2.45) is 11.8 Å². The number of hydrogen-bond donors (Lipinski definition) is 2. The summed E-state index contributed by atoms with van der Waals surface area (Å²) in [5.41, 5.74) is 2.75. The number of nitrogens with one attached hydrogen (secondary N) is 1. The second-order valence-electron chi connectivity index (χ2n) is 10.4. The molecule has 3 fully saturated rings. The predicted molar refractivity (Wildman–Crippen MR) is 137 cm³/mol. The van der Waals surface area contributed by atoms with Crippen LogP contribution in [0, 0.1) is 25.7 Å². The summed E-state index contributed by atoms with van der Waals surface area (Å²) in [7, 11) is 0. The van der Waals surface area contributed by atoms with Crippen molar-refractivity contribution < 1.29 is 24.2 Å². The number of aliphatic hydroxyl groups excluding tert-OH is 1. The normalized spacial score (nSPS) is 31.1. The van der Waals surface area contributed by atoms with Crippen LogP contribution in [-0.2, 0) is 19.1 Å². The van der Waals surface area contributed by atoms with Crippen LogP contribution < -0.4 is 5.32 Å². The molecule has 0 aliphatic carbocycles. The van der Waals surface area contributed by atoms with Gasteiger partial charge in [0.05, 0.1) is 23.2 Å². The third-order valence-corrected chi connectivity index (χ3v) is 10.1. The van der Waals surface area contributed by atoms with Crippen LogP contribution >= 0.6 is 11.8 Å². The van der Waals surface area contributed by atoms with Gasteiger partial charge in [0.1, 0.15) is 6.04 Å². The number of anilines is 1. The number of nitrogens with zero attached hydrogens (tertiary/aromatic N) is 1. The minimum absolute atomic E-state index is 0.0946. The van der Waals surface area contributed by atoms with Crippen molar-refractivity contribution in [2.75, 3.05) is 25.1 Å². The van der Waals surface area contributed by atoms with E-state index in [0.717, 1.165) is 55.3 Å². The maximum absolute atomic E-state index is 14.0. The van der Waals surface area contributed by atoms with E-state index < -0.39 is 27.4 Å². The molecule has 7 nitrogen and oxygen atoms in total. The number of rotatable bonds is 10. The highest BCUT2D eigenvalue weighted by atomic mass is 32.2. The third-order valence-electron chi connectivity index (χ3n) is 8.10. The fourth-order valence-corrected chi connectivity index (χ4v) is 8.85. The van der Waals surface area contributed by atoms with E-state index in [2.05, 4.69) is 12.2 Å². The fraction of sp³-hybridized carbons (Fsp3) is 0.667. The number of thioether (sulfide) groups is 1. The number of benzene rings is 1. The first-order chi connectivity index (χ1) is 16.7. The number of aliphatic hydroxyl groups is 1. The molecule has 4 rings (SSSR count). The van der Waals surface area contributed by atoms with Crippen molar-refractivity contribution in [1.82, 2.24) is 4.90 Å². The Kier molecular flexibility index (Phi) is 7.53. The van der Waals surface area contributed by atoms with Crippen LogP contribution in [-0.4, -0.2) is 63.1 Å². The first kappa shape index (κ1) is 26.0. The van der Waals surface area contributed by atoms with Crippen LogP contribution in [0.15, 0.2) is 18.2 Å². The van der Waals surface area contributed by atoms with Crippen molar-refractivity contribution in [2.45, 2.75) is 81.8 Å². The highest BCUT2D eigenvalue weighted by Crippen LogP contribution is 2.71. The maximum atomic E-state index is 14.0. The zero-order valence-corrected chi connectivity index (χ0v) is 22.1. The highest BCUT2D eigenvalue weighted by molar-refractivity contribution is 8.02. The molecule has 1 aromatic carbocycles. The van der Waals surface area contributed by atoms with E-state index >= 15 is 0 Å². The van der Waals surface area contributed by atoms with Crippen LogP contribution in [0.3, 0.4) is 0 Å². The number of hydrogen-bond acceptors (Lipinski definition) is 6. The zero-order valence-electron chi connectivity index (χ0n) is 21.3. The minimum atomic E-state index is -0.636. The Hall–Kier alpha value is -2.06. The summed E-state index contributed by atoms with van der Waals surface area (Å²) in [6.07, 6.45) is 4.75. The Morgan fingerprint density at radius 2 is 1.86 bits per heavy atom. The topological polar surface area (TPSA) is 95.9 Å². The average Bonchev–Trinajstić information content (AvgIpc) is 3.37. The van der Waals surface area contributed by atoms with E-state index in [1.807, 2.05) is 32.0 Å². The van der Waals surface area contributed by atoms with Gasteiger partial charge in [-0.15, -0.1) is 11.8 Å². The standard InChI is InChI=1S/C27H38N2O5S/c1-5-34-25(33)20-19-24(32)29(15-8-6-7-9-16-30)22(27(19)14-13-26(20,4)35-27)23(31)28-21-17(2)11-10-12-18(21)3/h10-12,19-20,22,30H,5-9,13-16H2,1-4H3,(H,28,31)/t19-,20+,22?,26-,27?/m0/s1. The first-order valence-electron chi connectivity index (χ1n) is 12.9. The van der Waals surface area contributed by atoms with Gasteiger partial charge in [0.15, 0.2) is 0 Å². The summed E-state index contributed by atoms with van der Waals surface area (Å²) < 4.78 is 4.40. The lowest BCUT2D eigenvalue weighted by atomic mass is 9.66. The molecule has 0 saturated carbocycles. The summed E-state index contributed by atoms with van der Waals surface area (Å²) in [5.74, 6) is -1.67. The van der Waals surface area contributed by atoms with Crippen LogP contribution in [0.25, 0.3) is 0 Å². The molecule has 1 spiro atoms. The lowest BCUT2D eigenvalue weighted by Gasteiger charge is -2.34. The van der Waals surface area contributed by atoms with Gasteiger partial charge < -0.3 is 20.1 Å². The summed E-state index contributed by atoms with van der Waals surface area (Å²) in [6.45, 7) is 8.68. The van der Waals surface area contributed by atoms with Gasteiger partial charge >= 0.3 is 5.97 Å². The Balaban J connectivity index is 1.67. The Morgan fingerprint density at radius 1 is 1.17 bits per heavy atom. The average molecular weight is 503 g/mol. The second-order valence-corrected chi connectivity index (χ2v) is 12.3. The summed E-state index contributed by atoms with van der Waals surface area (Å²) in [4.78, 5) is 42.8. The van der Waals surface area contributed by atoms with E-state index in [0.29, 0.717) is 6.54 Å². The number of ether oxygens (including phenoxy) is 1. The van der Waals surface area contributed by atoms with Gasteiger partial charge in [-0.05, 0) is 64.5 Å². The highest BCUT2D eigenvalue weighted by Gasteiger charge is 2.77. The summed E-state index contributed by atoms with van der Waals surface area (Å²) >= 11 is 1.67. The number of amides is 2. The molecule has 0 radical (unpaired) electrons. The molecule has 3 aliphatic rings. The lowest BCUT2D eigenvalue weighted by Crippen LogP contribution is -2.51. The molecule has 1 aromatic rings. The molecule has 3 saturated heterocycles. The molecule has 2 amide bonds. The first-order valence-corrected chi connectivity index (χ1v) is 13.7. The van der Waals surface area contributed by atoms with Crippen molar-refractivity contribution in [3.63, 3.8) is 0 Å². The predicted octanol–water partition coefficient (Wildman–Crippen LogP) is 3.84. The van der Waals surface area contributed by atoms with Crippen molar-refractivity contribution in [3.05, 3.63) is 29.3 Å². The maximum Gasteiger partial charge on any atom is 0.311 e. The molecular weight excluding hydrogens is 464 g/mol. The summed E-state index contributed by atoms with van der Waals surface area (Å²) in [6, 6.07) is 5.27. The van der Waals surface area contributed by atoms with Gasteiger partial charge in [0, 0.05) is 23.6 Å². The van der Waals surface area contributed by atoms with E-state index in [4.69, 9.17) is 9.84 Å². The number of unbranched alkanes of at least 4 members (excludes halogenated alkanes) is 3. The summed E-state index contributed by atoms with van der Waals surface area (Å²) in [5, 5.41) is 12.2. The monoisotopic (exact) mass is 502 g/mol.